The molecular weight excluding hydrogens is 270 g/mol. The van der Waals surface area contributed by atoms with E-state index in [2.05, 4.69) is 4.98 Å². The number of aryl methyl sites for hydroxylation is 1. The van der Waals surface area contributed by atoms with Gasteiger partial charge in [0.05, 0.1) is 6.33 Å². The maximum Gasteiger partial charge on any atom is 0.263 e. The van der Waals surface area contributed by atoms with Crippen LogP contribution in [0.25, 0.3) is 0 Å². The molecule has 0 spiro atoms. The van der Waals surface area contributed by atoms with Crippen LogP contribution < -0.4 is 11.5 Å². The van der Waals surface area contributed by atoms with Crippen molar-refractivity contribution in [3.8, 4) is 0 Å². The van der Waals surface area contributed by atoms with Crippen LogP contribution in [-0.4, -0.2) is 40.8 Å². The molecule has 19 heavy (non-hydrogen) atoms. The maximum absolute atomic E-state index is 12.6. The summed E-state index contributed by atoms with van der Waals surface area (Å²) in [6.45, 7) is 0.264. The zero-order valence-corrected chi connectivity index (χ0v) is 11.4. The molecule has 0 bridgehead atoms. The summed E-state index contributed by atoms with van der Waals surface area (Å²) in [5.74, 6) is -0.708. The molecule has 1 atom stereocenters. The summed E-state index contributed by atoms with van der Waals surface area (Å²) in [4.78, 5) is 15.2. The molecule has 0 aliphatic carbocycles. The van der Waals surface area contributed by atoms with Gasteiger partial charge in [-0.05, 0) is 12.8 Å². The molecule has 1 saturated heterocycles. The van der Waals surface area contributed by atoms with E-state index in [0.717, 1.165) is 10.7 Å². The standard InChI is InChI=1S/C10H17N5O3S/c1-14-6-13-8(11)10(14)19(17,18)15-5-3-2-4-7(15)9(12)16/h6-7H,2-5,11H2,1H3,(H2,12,16). The molecule has 2 heterocycles. The fraction of sp³-hybridized carbons (Fsp3) is 0.600. The highest BCUT2D eigenvalue weighted by Gasteiger charge is 2.39. The molecule has 1 unspecified atom stereocenters. The first kappa shape index (κ1) is 13.8. The zero-order chi connectivity index (χ0) is 14.2. The lowest BCUT2D eigenvalue weighted by molar-refractivity contribution is -0.122. The zero-order valence-electron chi connectivity index (χ0n) is 10.6. The largest absolute Gasteiger partial charge is 0.381 e. The number of carbonyl (C=O) groups is 1. The summed E-state index contributed by atoms with van der Waals surface area (Å²) >= 11 is 0. The Labute approximate surface area is 111 Å². The molecule has 2 rings (SSSR count). The summed E-state index contributed by atoms with van der Waals surface area (Å²) in [6, 6.07) is -0.812. The molecule has 1 fully saturated rings. The van der Waals surface area contributed by atoms with Crippen LogP contribution in [0.1, 0.15) is 19.3 Å². The molecular formula is C10H17N5O3S. The molecule has 1 aromatic rings. The molecule has 0 aromatic carbocycles. The van der Waals surface area contributed by atoms with Gasteiger partial charge >= 0.3 is 0 Å². The van der Waals surface area contributed by atoms with Crippen LogP contribution >= 0.6 is 0 Å². The first-order valence-electron chi connectivity index (χ1n) is 5.93. The van der Waals surface area contributed by atoms with E-state index in [0.29, 0.717) is 12.8 Å². The molecule has 9 heteroatoms. The van der Waals surface area contributed by atoms with E-state index in [9.17, 15) is 13.2 Å². The Bertz CT molecular complexity index is 575. The lowest BCUT2D eigenvalue weighted by Gasteiger charge is -2.32. The Morgan fingerprint density at radius 3 is 2.68 bits per heavy atom. The topological polar surface area (TPSA) is 124 Å². The van der Waals surface area contributed by atoms with E-state index in [1.807, 2.05) is 0 Å². The van der Waals surface area contributed by atoms with Crippen LogP contribution in [-0.2, 0) is 21.9 Å². The number of nitrogens with two attached hydrogens (primary N) is 2. The average Bonchev–Trinajstić information content (AvgIpc) is 2.69. The van der Waals surface area contributed by atoms with Gasteiger partial charge in [-0.15, -0.1) is 0 Å². The first-order valence-corrected chi connectivity index (χ1v) is 7.37. The monoisotopic (exact) mass is 287 g/mol. The van der Waals surface area contributed by atoms with Gasteiger partial charge in [-0.3, -0.25) is 4.79 Å². The number of nitrogens with zero attached hydrogens (tertiary/aromatic N) is 3. The molecule has 1 aliphatic heterocycles. The number of amides is 1. The van der Waals surface area contributed by atoms with Gasteiger partial charge in [0.1, 0.15) is 6.04 Å². The van der Waals surface area contributed by atoms with Crippen LogP contribution in [0, 0.1) is 0 Å². The Morgan fingerprint density at radius 2 is 2.16 bits per heavy atom. The van der Waals surface area contributed by atoms with Crippen molar-refractivity contribution < 1.29 is 13.2 Å². The van der Waals surface area contributed by atoms with E-state index in [4.69, 9.17) is 11.5 Å². The molecule has 1 aliphatic rings. The number of nitrogen functional groups attached to an aromatic ring is 1. The number of piperidine rings is 1. The highest BCUT2D eigenvalue weighted by atomic mass is 32.2. The van der Waals surface area contributed by atoms with Gasteiger partial charge in [-0.2, -0.15) is 4.31 Å². The van der Waals surface area contributed by atoms with Crippen molar-refractivity contribution in [1.82, 2.24) is 13.9 Å². The van der Waals surface area contributed by atoms with Crippen LogP contribution in [0.15, 0.2) is 11.4 Å². The Hall–Kier alpha value is -1.61. The SMILES string of the molecule is Cn1cnc(N)c1S(=O)(=O)N1CCCCC1C(N)=O. The van der Waals surface area contributed by atoms with Crippen LogP contribution in [0.2, 0.25) is 0 Å². The first-order chi connectivity index (χ1) is 8.85. The maximum atomic E-state index is 12.6. The molecule has 1 aromatic heterocycles. The second-order valence-corrected chi connectivity index (χ2v) is 6.38. The van der Waals surface area contributed by atoms with Gasteiger partial charge in [0.2, 0.25) is 5.91 Å². The lowest BCUT2D eigenvalue weighted by atomic mass is 10.0. The number of hydrogen-bond donors (Lipinski definition) is 2. The molecule has 0 radical (unpaired) electrons. The van der Waals surface area contributed by atoms with E-state index >= 15 is 0 Å². The number of primary amides is 1. The second kappa shape index (κ2) is 4.82. The van der Waals surface area contributed by atoms with Crippen molar-refractivity contribution in [3.05, 3.63) is 6.33 Å². The van der Waals surface area contributed by atoms with E-state index in [1.54, 1.807) is 7.05 Å². The highest BCUT2D eigenvalue weighted by Crippen LogP contribution is 2.27. The van der Waals surface area contributed by atoms with Gasteiger partial charge in [-0.25, -0.2) is 13.4 Å². The Balaban J connectivity index is 2.46. The lowest BCUT2D eigenvalue weighted by Crippen LogP contribution is -2.50. The summed E-state index contributed by atoms with van der Waals surface area (Å²) in [5, 5.41) is -0.0966. The Morgan fingerprint density at radius 1 is 1.47 bits per heavy atom. The molecule has 1 amide bonds. The van der Waals surface area contributed by atoms with Crippen molar-refractivity contribution in [2.75, 3.05) is 12.3 Å². The normalized spacial score (nSPS) is 21.4. The van der Waals surface area contributed by atoms with Crippen molar-refractivity contribution in [2.45, 2.75) is 30.3 Å². The predicted molar refractivity (Wildman–Crippen MR) is 68.3 cm³/mol. The summed E-state index contributed by atoms with van der Waals surface area (Å²) in [6.07, 6.45) is 3.24. The summed E-state index contributed by atoms with van der Waals surface area (Å²) < 4.78 is 27.6. The minimum Gasteiger partial charge on any atom is -0.381 e. The van der Waals surface area contributed by atoms with Crippen molar-refractivity contribution in [1.29, 1.82) is 0 Å². The quantitative estimate of drug-likeness (QED) is 0.740. The third-order valence-electron chi connectivity index (χ3n) is 3.24. The van der Waals surface area contributed by atoms with Crippen LogP contribution in [0.3, 0.4) is 0 Å². The van der Waals surface area contributed by atoms with Gasteiger partial charge in [-0.1, -0.05) is 6.42 Å². The molecule has 106 valence electrons. The van der Waals surface area contributed by atoms with Crippen LogP contribution in [0.5, 0.6) is 0 Å². The fourth-order valence-corrected chi connectivity index (χ4v) is 4.20. The minimum atomic E-state index is -3.87. The third-order valence-corrected chi connectivity index (χ3v) is 5.28. The minimum absolute atomic E-state index is 0.0729. The summed E-state index contributed by atoms with van der Waals surface area (Å²) in [5.41, 5.74) is 10.9. The van der Waals surface area contributed by atoms with Gasteiger partial charge in [0.25, 0.3) is 10.0 Å². The molecule has 8 nitrogen and oxygen atoms in total. The third kappa shape index (κ3) is 2.30. The smallest absolute Gasteiger partial charge is 0.263 e. The Kier molecular flexibility index (Phi) is 3.50. The van der Waals surface area contributed by atoms with E-state index < -0.39 is 22.0 Å². The number of carbonyl (C=O) groups excluding carboxylic acids is 1. The van der Waals surface area contributed by atoms with Crippen molar-refractivity contribution >= 4 is 21.7 Å². The number of aromatic nitrogens is 2. The van der Waals surface area contributed by atoms with Gasteiger partial charge < -0.3 is 16.0 Å². The molecule has 0 saturated carbocycles. The van der Waals surface area contributed by atoms with Crippen molar-refractivity contribution in [3.63, 3.8) is 0 Å². The average molecular weight is 287 g/mol. The fourth-order valence-electron chi connectivity index (χ4n) is 2.34. The van der Waals surface area contributed by atoms with E-state index in [-0.39, 0.29) is 17.4 Å². The predicted octanol–water partition coefficient (Wildman–Crippen LogP) is -0.969. The van der Waals surface area contributed by atoms with E-state index in [1.165, 1.54) is 10.9 Å². The number of imidazole rings is 1. The number of rotatable bonds is 3. The number of anilines is 1. The molecule has 4 N–H and O–H groups in total. The van der Waals surface area contributed by atoms with Crippen LogP contribution in [0.4, 0.5) is 5.82 Å². The number of hydrogen-bond acceptors (Lipinski definition) is 5. The van der Waals surface area contributed by atoms with Crippen molar-refractivity contribution in [2.24, 2.45) is 12.8 Å². The number of sulfonamides is 1. The summed E-state index contributed by atoms with van der Waals surface area (Å²) in [7, 11) is -2.33. The van der Waals surface area contributed by atoms with Gasteiger partial charge in [0, 0.05) is 13.6 Å². The van der Waals surface area contributed by atoms with Gasteiger partial charge in [0.15, 0.2) is 10.8 Å². The highest BCUT2D eigenvalue weighted by molar-refractivity contribution is 7.89. The second-order valence-electron chi connectivity index (χ2n) is 4.58.